The lowest BCUT2D eigenvalue weighted by Gasteiger charge is -2.14. The van der Waals surface area contributed by atoms with Crippen molar-refractivity contribution < 1.29 is 4.79 Å². The number of aromatic nitrogens is 2. The molecular formula is C19H28N4O. The standard InChI is InChI=1S/C19H28N4O/c1-13-8-9-15(14(2)11-13)23-17(21-18(24)7-6-10-20)12-16(22-23)19(3,4)5/h8-9,11-12H,6-7,10,20H2,1-5H3,(H,21,24). The van der Waals surface area contributed by atoms with Gasteiger partial charge in [0.25, 0.3) is 0 Å². The first-order valence-electron chi connectivity index (χ1n) is 8.40. The van der Waals surface area contributed by atoms with Crippen molar-refractivity contribution in [1.29, 1.82) is 0 Å². The minimum Gasteiger partial charge on any atom is -0.330 e. The summed E-state index contributed by atoms with van der Waals surface area (Å²) in [5.74, 6) is 0.667. The maximum absolute atomic E-state index is 12.1. The second-order valence-corrected chi connectivity index (χ2v) is 7.31. The topological polar surface area (TPSA) is 72.9 Å². The molecule has 0 bridgehead atoms. The molecule has 5 heteroatoms. The molecule has 0 radical (unpaired) electrons. The van der Waals surface area contributed by atoms with E-state index in [2.05, 4.69) is 52.1 Å². The number of hydrogen-bond donors (Lipinski definition) is 2. The normalized spacial score (nSPS) is 11.6. The van der Waals surface area contributed by atoms with Crippen LogP contribution in [-0.4, -0.2) is 22.2 Å². The van der Waals surface area contributed by atoms with Crippen molar-refractivity contribution in [2.24, 2.45) is 5.73 Å². The number of carbonyl (C=O) groups is 1. The first kappa shape index (κ1) is 18.2. The highest BCUT2D eigenvalue weighted by molar-refractivity contribution is 5.90. The highest BCUT2D eigenvalue weighted by atomic mass is 16.1. The van der Waals surface area contributed by atoms with Gasteiger partial charge in [-0.1, -0.05) is 38.5 Å². The van der Waals surface area contributed by atoms with Crippen molar-refractivity contribution in [2.45, 2.75) is 52.9 Å². The lowest BCUT2D eigenvalue weighted by atomic mass is 9.92. The third-order valence-corrected chi connectivity index (χ3v) is 3.93. The minimum absolute atomic E-state index is 0.0353. The summed E-state index contributed by atoms with van der Waals surface area (Å²) in [4.78, 5) is 12.1. The fourth-order valence-corrected chi connectivity index (χ4v) is 2.53. The van der Waals surface area contributed by atoms with Crippen LogP contribution in [0, 0.1) is 13.8 Å². The summed E-state index contributed by atoms with van der Waals surface area (Å²) < 4.78 is 1.83. The van der Waals surface area contributed by atoms with Crippen LogP contribution in [0.2, 0.25) is 0 Å². The van der Waals surface area contributed by atoms with Crippen molar-refractivity contribution in [1.82, 2.24) is 9.78 Å². The largest absolute Gasteiger partial charge is 0.330 e. The van der Waals surface area contributed by atoms with Crippen molar-refractivity contribution >= 4 is 11.7 Å². The Labute approximate surface area is 144 Å². The number of carbonyl (C=O) groups excluding carboxylic acids is 1. The van der Waals surface area contributed by atoms with E-state index in [1.54, 1.807) is 0 Å². The number of hydrogen-bond acceptors (Lipinski definition) is 3. The van der Waals surface area contributed by atoms with Crippen LogP contribution in [0.4, 0.5) is 5.82 Å². The molecule has 24 heavy (non-hydrogen) atoms. The van der Waals surface area contributed by atoms with E-state index in [0.717, 1.165) is 16.9 Å². The number of rotatable bonds is 5. The maximum Gasteiger partial charge on any atom is 0.225 e. The number of amides is 1. The molecule has 1 amide bonds. The molecule has 5 nitrogen and oxygen atoms in total. The molecule has 1 heterocycles. The zero-order chi connectivity index (χ0) is 17.9. The minimum atomic E-state index is -0.0966. The Hall–Kier alpha value is -2.14. The Balaban J connectivity index is 2.44. The molecule has 0 spiro atoms. The van der Waals surface area contributed by atoms with Crippen LogP contribution in [0.5, 0.6) is 0 Å². The summed E-state index contributed by atoms with van der Waals surface area (Å²) >= 11 is 0. The van der Waals surface area contributed by atoms with Gasteiger partial charge in [-0.15, -0.1) is 0 Å². The molecule has 0 fully saturated rings. The predicted molar refractivity (Wildman–Crippen MR) is 98.7 cm³/mol. The Morgan fingerprint density at radius 3 is 2.54 bits per heavy atom. The van der Waals surface area contributed by atoms with Crippen LogP contribution in [0.3, 0.4) is 0 Å². The first-order chi connectivity index (χ1) is 11.2. The van der Waals surface area contributed by atoms with E-state index < -0.39 is 0 Å². The smallest absolute Gasteiger partial charge is 0.225 e. The van der Waals surface area contributed by atoms with E-state index in [4.69, 9.17) is 10.8 Å². The van der Waals surface area contributed by atoms with E-state index in [0.29, 0.717) is 25.2 Å². The number of nitrogens with zero attached hydrogens (tertiary/aromatic N) is 2. The number of nitrogens with one attached hydrogen (secondary N) is 1. The fourth-order valence-electron chi connectivity index (χ4n) is 2.53. The third-order valence-electron chi connectivity index (χ3n) is 3.93. The first-order valence-corrected chi connectivity index (χ1v) is 8.40. The molecule has 0 aliphatic heterocycles. The molecule has 0 unspecified atom stereocenters. The SMILES string of the molecule is Cc1ccc(-n2nc(C(C)(C)C)cc2NC(=O)CCCN)c(C)c1. The summed E-state index contributed by atoms with van der Waals surface area (Å²) in [5, 5.41) is 7.74. The Morgan fingerprint density at radius 1 is 1.25 bits per heavy atom. The van der Waals surface area contributed by atoms with E-state index in [9.17, 15) is 4.79 Å². The van der Waals surface area contributed by atoms with Crippen LogP contribution in [0.1, 0.15) is 50.4 Å². The van der Waals surface area contributed by atoms with Gasteiger partial charge in [-0.25, -0.2) is 4.68 Å². The van der Waals surface area contributed by atoms with Crippen molar-refractivity contribution in [3.63, 3.8) is 0 Å². The second-order valence-electron chi connectivity index (χ2n) is 7.31. The van der Waals surface area contributed by atoms with Crippen molar-refractivity contribution in [3.05, 3.63) is 41.1 Å². The molecule has 0 saturated heterocycles. The van der Waals surface area contributed by atoms with Gasteiger partial charge >= 0.3 is 0 Å². The average Bonchev–Trinajstić information content (AvgIpc) is 2.89. The monoisotopic (exact) mass is 328 g/mol. The van der Waals surface area contributed by atoms with Gasteiger partial charge in [-0.3, -0.25) is 4.79 Å². The number of anilines is 1. The van der Waals surface area contributed by atoms with E-state index >= 15 is 0 Å². The molecule has 3 N–H and O–H groups in total. The van der Waals surface area contributed by atoms with Crippen LogP contribution in [0.15, 0.2) is 24.3 Å². The van der Waals surface area contributed by atoms with Gasteiger partial charge in [-0.2, -0.15) is 5.10 Å². The third kappa shape index (κ3) is 4.23. The Bertz CT molecular complexity index is 725. The van der Waals surface area contributed by atoms with Gasteiger partial charge in [0.1, 0.15) is 5.82 Å². The second kappa shape index (κ2) is 7.18. The van der Waals surface area contributed by atoms with Gasteiger partial charge in [0.2, 0.25) is 5.91 Å². The summed E-state index contributed by atoms with van der Waals surface area (Å²) in [6, 6.07) is 8.17. The lowest BCUT2D eigenvalue weighted by molar-refractivity contribution is -0.116. The number of benzene rings is 1. The van der Waals surface area contributed by atoms with Gasteiger partial charge in [0.05, 0.1) is 11.4 Å². The van der Waals surface area contributed by atoms with Gasteiger partial charge in [-0.05, 0) is 38.4 Å². The number of nitrogens with two attached hydrogens (primary N) is 1. The molecule has 1 aromatic heterocycles. The Morgan fingerprint density at radius 2 is 1.96 bits per heavy atom. The molecule has 0 aliphatic rings. The molecular weight excluding hydrogens is 300 g/mol. The Kier molecular flexibility index (Phi) is 5.44. The summed E-state index contributed by atoms with van der Waals surface area (Å²) in [6.45, 7) is 11.0. The molecule has 2 aromatic rings. The van der Waals surface area contributed by atoms with Crippen LogP contribution in [0.25, 0.3) is 5.69 Å². The molecule has 0 saturated carbocycles. The number of aryl methyl sites for hydroxylation is 2. The van der Waals surface area contributed by atoms with Crippen molar-refractivity contribution in [3.8, 4) is 5.69 Å². The molecule has 2 rings (SSSR count). The summed E-state index contributed by atoms with van der Waals surface area (Å²) in [5.41, 5.74) is 9.63. The summed E-state index contributed by atoms with van der Waals surface area (Å²) in [6.07, 6.45) is 1.09. The van der Waals surface area contributed by atoms with Crippen LogP contribution < -0.4 is 11.1 Å². The highest BCUT2D eigenvalue weighted by Gasteiger charge is 2.22. The van der Waals surface area contributed by atoms with E-state index in [1.807, 2.05) is 16.8 Å². The van der Waals surface area contributed by atoms with Crippen LogP contribution >= 0.6 is 0 Å². The lowest BCUT2D eigenvalue weighted by Crippen LogP contribution is -2.16. The van der Waals surface area contributed by atoms with Crippen LogP contribution in [-0.2, 0) is 10.2 Å². The van der Waals surface area contributed by atoms with Crippen molar-refractivity contribution in [2.75, 3.05) is 11.9 Å². The highest BCUT2D eigenvalue weighted by Crippen LogP contribution is 2.27. The molecule has 0 atom stereocenters. The van der Waals surface area contributed by atoms with Gasteiger partial charge in [0, 0.05) is 17.9 Å². The molecule has 130 valence electrons. The molecule has 1 aromatic carbocycles. The maximum atomic E-state index is 12.1. The zero-order valence-electron chi connectivity index (χ0n) is 15.3. The average molecular weight is 328 g/mol. The predicted octanol–water partition coefficient (Wildman–Crippen LogP) is 3.46. The van der Waals surface area contributed by atoms with Gasteiger partial charge < -0.3 is 11.1 Å². The fraction of sp³-hybridized carbons (Fsp3) is 0.474. The molecule has 0 aliphatic carbocycles. The van der Waals surface area contributed by atoms with E-state index in [-0.39, 0.29) is 11.3 Å². The van der Waals surface area contributed by atoms with E-state index in [1.165, 1.54) is 5.56 Å². The van der Waals surface area contributed by atoms with Gasteiger partial charge in [0.15, 0.2) is 0 Å². The summed E-state index contributed by atoms with van der Waals surface area (Å²) in [7, 11) is 0. The quantitative estimate of drug-likeness (QED) is 0.883. The zero-order valence-corrected chi connectivity index (χ0v) is 15.3.